The zero-order valence-corrected chi connectivity index (χ0v) is 10.6. The fraction of sp³-hybridized carbons (Fsp3) is 0.333. The first-order chi connectivity index (χ1) is 7.17. The maximum absolute atomic E-state index is 5.12. The summed E-state index contributed by atoms with van der Waals surface area (Å²) in [6.45, 7) is 4.02. The van der Waals surface area contributed by atoms with Crippen LogP contribution in [-0.4, -0.2) is 20.5 Å². The minimum Gasteiger partial charge on any atom is -0.356 e. The second kappa shape index (κ2) is 6.05. The Morgan fingerprint density at radius 2 is 1.80 bits per heavy atom. The molecule has 3 heteroatoms. The predicted molar refractivity (Wildman–Crippen MR) is 65.6 cm³/mol. The minimum absolute atomic E-state index is 0.221. The first kappa shape index (κ1) is 12.4. The van der Waals surface area contributed by atoms with E-state index in [1.54, 1.807) is 14.2 Å². The van der Waals surface area contributed by atoms with Crippen molar-refractivity contribution in [2.45, 2.75) is 12.7 Å². The van der Waals surface area contributed by atoms with Crippen molar-refractivity contribution in [2.75, 3.05) is 14.2 Å². The molecule has 82 valence electrons. The maximum Gasteiger partial charge on any atom is 0.160 e. The molecule has 0 fully saturated rings. The topological polar surface area (TPSA) is 18.5 Å². The summed E-state index contributed by atoms with van der Waals surface area (Å²) in [5.41, 5.74) is 2.12. The molecule has 0 N–H and O–H groups in total. The highest BCUT2D eigenvalue weighted by Gasteiger charge is 2.08. The minimum atomic E-state index is -0.221. The van der Waals surface area contributed by atoms with Crippen molar-refractivity contribution in [1.82, 2.24) is 0 Å². The van der Waals surface area contributed by atoms with E-state index in [0.29, 0.717) is 6.42 Å². The van der Waals surface area contributed by atoms with E-state index in [1.165, 1.54) is 0 Å². The van der Waals surface area contributed by atoms with Gasteiger partial charge in [-0.2, -0.15) is 0 Å². The van der Waals surface area contributed by atoms with Crippen LogP contribution in [0.4, 0.5) is 0 Å². The largest absolute Gasteiger partial charge is 0.356 e. The van der Waals surface area contributed by atoms with E-state index in [9.17, 15) is 0 Å². The van der Waals surface area contributed by atoms with Crippen molar-refractivity contribution >= 4 is 21.5 Å². The fourth-order valence-electron chi connectivity index (χ4n) is 1.27. The third-order valence-corrected chi connectivity index (χ3v) is 2.72. The number of hydrogen-bond acceptors (Lipinski definition) is 2. The van der Waals surface area contributed by atoms with Crippen LogP contribution in [0.15, 0.2) is 35.3 Å². The van der Waals surface area contributed by atoms with Gasteiger partial charge >= 0.3 is 0 Å². The van der Waals surface area contributed by atoms with Gasteiger partial charge in [0.2, 0.25) is 0 Å². The lowest BCUT2D eigenvalue weighted by Crippen LogP contribution is -2.12. The summed E-state index contributed by atoms with van der Waals surface area (Å²) in [6.07, 6.45) is 0.454. The van der Waals surface area contributed by atoms with E-state index in [2.05, 4.69) is 22.5 Å². The molecule has 0 aliphatic heterocycles. The van der Waals surface area contributed by atoms with Gasteiger partial charge in [0.1, 0.15) is 0 Å². The summed E-state index contributed by atoms with van der Waals surface area (Å²) in [5.74, 6) is 0. The molecule has 15 heavy (non-hydrogen) atoms. The van der Waals surface area contributed by atoms with Crippen molar-refractivity contribution in [3.8, 4) is 0 Å². The molecule has 0 bridgehead atoms. The molecule has 2 nitrogen and oxygen atoms in total. The van der Waals surface area contributed by atoms with Crippen LogP contribution < -0.4 is 0 Å². The van der Waals surface area contributed by atoms with Gasteiger partial charge in [-0.15, -0.1) is 0 Å². The van der Waals surface area contributed by atoms with Gasteiger partial charge in [0.05, 0.1) is 0 Å². The SMILES string of the molecule is C=C(CC(OC)OC)c1ccc(Br)cc1. The van der Waals surface area contributed by atoms with E-state index < -0.39 is 0 Å². The van der Waals surface area contributed by atoms with Gasteiger partial charge < -0.3 is 9.47 Å². The number of ether oxygens (including phenoxy) is 2. The molecule has 0 aromatic heterocycles. The molecule has 0 heterocycles. The van der Waals surface area contributed by atoms with Crippen LogP contribution in [0, 0.1) is 0 Å². The van der Waals surface area contributed by atoms with Gasteiger partial charge in [-0.05, 0) is 23.3 Å². The molecule has 0 amide bonds. The first-order valence-electron chi connectivity index (χ1n) is 4.66. The smallest absolute Gasteiger partial charge is 0.160 e. The van der Waals surface area contributed by atoms with Gasteiger partial charge in [-0.25, -0.2) is 0 Å². The molecule has 1 aromatic carbocycles. The van der Waals surface area contributed by atoms with Crippen LogP contribution >= 0.6 is 15.9 Å². The number of hydrogen-bond donors (Lipinski definition) is 0. The van der Waals surface area contributed by atoms with Gasteiger partial charge in [0, 0.05) is 25.1 Å². The molecule has 1 rings (SSSR count). The fourth-order valence-corrected chi connectivity index (χ4v) is 1.53. The zero-order valence-electron chi connectivity index (χ0n) is 9.00. The molecule has 0 aliphatic carbocycles. The Kier molecular flexibility index (Phi) is 5.02. The van der Waals surface area contributed by atoms with Crippen molar-refractivity contribution in [1.29, 1.82) is 0 Å². The number of halogens is 1. The van der Waals surface area contributed by atoms with Crippen molar-refractivity contribution in [2.24, 2.45) is 0 Å². The summed E-state index contributed by atoms with van der Waals surface area (Å²) in [7, 11) is 3.26. The van der Waals surface area contributed by atoms with E-state index in [1.807, 2.05) is 24.3 Å². The molecule has 0 saturated heterocycles. The van der Waals surface area contributed by atoms with Gasteiger partial charge in [-0.3, -0.25) is 0 Å². The Morgan fingerprint density at radius 1 is 1.27 bits per heavy atom. The highest BCUT2D eigenvalue weighted by Crippen LogP contribution is 2.21. The lowest BCUT2D eigenvalue weighted by molar-refractivity contribution is -0.0971. The molecule has 0 atom stereocenters. The molecule has 0 radical (unpaired) electrons. The van der Waals surface area contributed by atoms with Crippen molar-refractivity contribution in [3.63, 3.8) is 0 Å². The van der Waals surface area contributed by atoms with Crippen LogP contribution in [0.25, 0.3) is 5.57 Å². The second-order valence-corrected chi connectivity index (χ2v) is 4.13. The molecule has 0 unspecified atom stereocenters. The summed E-state index contributed by atoms with van der Waals surface area (Å²) in [5, 5.41) is 0. The van der Waals surface area contributed by atoms with Crippen LogP contribution in [0.5, 0.6) is 0 Å². The normalized spacial score (nSPS) is 10.7. The van der Waals surface area contributed by atoms with Crippen LogP contribution in [0.1, 0.15) is 12.0 Å². The van der Waals surface area contributed by atoms with E-state index in [4.69, 9.17) is 9.47 Å². The van der Waals surface area contributed by atoms with Crippen molar-refractivity contribution < 1.29 is 9.47 Å². The highest BCUT2D eigenvalue weighted by atomic mass is 79.9. The molecular formula is C12H15BrO2. The highest BCUT2D eigenvalue weighted by molar-refractivity contribution is 9.10. The molecule has 1 aromatic rings. The number of methoxy groups -OCH3 is 2. The molecular weight excluding hydrogens is 256 g/mol. The van der Waals surface area contributed by atoms with Crippen LogP contribution in [0.2, 0.25) is 0 Å². The maximum atomic E-state index is 5.12. The Labute approximate surface area is 99.0 Å². The van der Waals surface area contributed by atoms with Gasteiger partial charge in [0.15, 0.2) is 6.29 Å². The summed E-state index contributed by atoms with van der Waals surface area (Å²) < 4.78 is 11.3. The second-order valence-electron chi connectivity index (χ2n) is 3.22. The van der Waals surface area contributed by atoms with Crippen molar-refractivity contribution in [3.05, 3.63) is 40.9 Å². The molecule has 0 saturated carbocycles. The number of rotatable bonds is 5. The average Bonchev–Trinajstić information content (AvgIpc) is 2.26. The quantitative estimate of drug-likeness (QED) is 0.763. The third kappa shape index (κ3) is 3.78. The third-order valence-electron chi connectivity index (χ3n) is 2.19. The van der Waals surface area contributed by atoms with E-state index >= 15 is 0 Å². The Hall–Kier alpha value is -0.640. The van der Waals surface area contributed by atoms with Crippen LogP contribution in [-0.2, 0) is 9.47 Å². The first-order valence-corrected chi connectivity index (χ1v) is 5.46. The van der Waals surface area contributed by atoms with E-state index in [0.717, 1.165) is 15.6 Å². The summed E-state index contributed by atoms with van der Waals surface area (Å²) >= 11 is 3.39. The average molecular weight is 271 g/mol. The van der Waals surface area contributed by atoms with Gasteiger partial charge in [-0.1, -0.05) is 34.6 Å². The monoisotopic (exact) mass is 270 g/mol. The lowest BCUT2D eigenvalue weighted by Gasteiger charge is -2.14. The Morgan fingerprint density at radius 3 is 2.27 bits per heavy atom. The van der Waals surface area contributed by atoms with E-state index in [-0.39, 0.29) is 6.29 Å². The molecule has 0 aliphatic rings. The zero-order chi connectivity index (χ0) is 11.3. The predicted octanol–water partition coefficient (Wildman–Crippen LogP) is 3.47. The Bertz CT molecular complexity index is 315. The summed E-state index contributed by atoms with van der Waals surface area (Å²) in [6, 6.07) is 8.04. The molecule has 0 spiro atoms. The van der Waals surface area contributed by atoms with Gasteiger partial charge in [0.25, 0.3) is 0 Å². The number of benzene rings is 1. The Balaban J connectivity index is 2.64. The summed E-state index contributed by atoms with van der Waals surface area (Å²) in [4.78, 5) is 0. The van der Waals surface area contributed by atoms with Crippen LogP contribution in [0.3, 0.4) is 0 Å². The standard InChI is InChI=1S/C12H15BrO2/c1-9(8-12(14-2)15-3)10-4-6-11(13)7-5-10/h4-7,12H,1,8H2,2-3H3. The lowest BCUT2D eigenvalue weighted by atomic mass is 10.0.